The van der Waals surface area contributed by atoms with E-state index in [1.807, 2.05) is 0 Å². The Morgan fingerprint density at radius 3 is 2.08 bits per heavy atom. The van der Waals surface area contributed by atoms with Crippen LogP contribution in [0.3, 0.4) is 0 Å². The minimum absolute atomic E-state index is 0.214. The first kappa shape index (κ1) is 24.8. The van der Waals surface area contributed by atoms with Gasteiger partial charge in [-0.25, -0.2) is 0 Å². The highest BCUT2D eigenvalue weighted by Gasteiger charge is 2.10. The van der Waals surface area contributed by atoms with Crippen LogP contribution < -0.4 is 33.2 Å². The molecule has 0 aromatic carbocycles. The van der Waals surface area contributed by atoms with Gasteiger partial charge in [0.1, 0.15) is 0 Å². The molecule has 0 heterocycles. The zero-order valence-electron chi connectivity index (χ0n) is 17.0. The van der Waals surface area contributed by atoms with Gasteiger partial charge in [-0.15, -0.1) is 0 Å². The number of hydrogen-bond donors (Lipinski definition) is 6. The lowest BCUT2D eigenvalue weighted by Crippen LogP contribution is -2.43. The summed E-state index contributed by atoms with van der Waals surface area (Å²) in [4.78, 5) is 0. The third-order valence-corrected chi connectivity index (χ3v) is 4.48. The lowest BCUT2D eigenvalue weighted by atomic mass is 10.1. The van der Waals surface area contributed by atoms with E-state index < -0.39 is 0 Å². The fourth-order valence-corrected chi connectivity index (χ4v) is 2.74. The normalized spacial score (nSPS) is 15.5. The second kappa shape index (κ2) is 17.2. The first-order chi connectivity index (χ1) is 12.0. The summed E-state index contributed by atoms with van der Waals surface area (Å²) in [5.41, 5.74) is 17.3. The number of rotatable bonds is 18. The molecule has 0 aromatic rings. The van der Waals surface area contributed by atoms with E-state index in [9.17, 15) is 0 Å². The smallest absolute Gasteiger partial charge is 0.0193 e. The van der Waals surface area contributed by atoms with Crippen molar-refractivity contribution >= 4 is 0 Å². The van der Waals surface area contributed by atoms with Crippen molar-refractivity contribution in [2.75, 3.05) is 45.8 Å². The summed E-state index contributed by atoms with van der Waals surface area (Å²) in [7, 11) is 0. The summed E-state index contributed by atoms with van der Waals surface area (Å²) in [6.45, 7) is 13.3. The molecule has 0 saturated carbocycles. The molecule has 3 atom stereocenters. The third kappa shape index (κ3) is 17.0. The van der Waals surface area contributed by atoms with Crippen molar-refractivity contribution in [2.45, 2.75) is 65.0 Å². The second-order valence-corrected chi connectivity index (χ2v) is 7.88. The van der Waals surface area contributed by atoms with Crippen molar-refractivity contribution in [3.05, 3.63) is 0 Å². The van der Waals surface area contributed by atoms with Gasteiger partial charge < -0.3 is 33.2 Å². The molecule has 152 valence electrons. The lowest BCUT2D eigenvalue weighted by Gasteiger charge is -2.22. The molecule has 6 nitrogen and oxygen atoms in total. The first-order valence-electron chi connectivity index (χ1n) is 10.3. The molecular weight excluding hydrogens is 312 g/mol. The molecule has 0 aliphatic carbocycles. The Morgan fingerprint density at radius 2 is 1.44 bits per heavy atom. The standard InChI is InChI=1S/C19H46N6/c1-16(2)8-11-23-15-19(7-5-10-21)25-13-17(3)12-24-14-18(22)6-4-9-20/h16-19,23-25H,4-15,20-22H2,1-3H3/t17?,18-,19-/m0/s1. The molecule has 0 radical (unpaired) electrons. The Morgan fingerprint density at radius 1 is 0.760 bits per heavy atom. The van der Waals surface area contributed by atoms with Gasteiger partial charge in [-0.2, -0.15) is 0 Å². The maximum atomic E-state index is 6.06. The van der Waals surface area contributed by atoms with Crippen LogP contribution in [0.5, 0.6) is 0 Å². The molecule has 0 rings (SSSR count). The highest BCUT2D eigenvalue weighted by molar-refractivity contribution is 4.73. The number of nitrogens with two attached hydrogens (primary N) is 3. The highest BCUT2D eigenvalue weighted by Crippen LogP contribution is 2.00. The highest BCUT2D eigenvalue weighted by atomic mass is 15.0. The predicted octanol–water partition coefficient (Wildman–Crippen LogP) is 0.611. The van der Waals surface area contributed by atoms with Gasteiger partial charge in [-0.3, -0.25) is 0 Å². The summed E-state index contributed by atoms with van der Waals surface area (Å²) < 4.78 is 0. The van der Waals surface area contributed by atoms with Crippen LogP contribution in [0, 0.1) is 11.8 Å². The molecule has 0 aliphatic rings. The number of nitrogens with one attached hydrogen (secondary N) is 3. The summed E-state index contributed by atoms with van der Waals surface area (Å²) in [6.07, 6.45) is 5.45. The van der Waals surface area contributed by atoms with Crippen LogP contribution in [-0.4, -0.2) is 57.9 Å². The van der Waals surface area contributed by atoms with Crippen molar-refractivity contribution in [1.82, 2.24) is 16.0 Å². The molecule has 9 N–H and O–H groups in total. The van der Waals surface area contributed by atoms with Gasteiger partial charge >= 0.3 is 0 Å². The van der Waals surface area contributed by atoms with Crippen LogP contribution in [0.1, 0.15) is 52.9 Å². The fourth-order valence-electron chi connectivity index (χ4n) is 2.74. The Balaban J connectivity index is 3.87. The van der Waals surface area contributed by atoms with Crippen LogP contribution >= 0.6 is 0 Å². The van der Waals surface area contributed by atoms with E-state index in [0.717, 1.165) is 77.4 Å². The van der Waals surface area contributed by atoms with Crippen LogP contribution in [0.2, 0.25) is 0 Å². The number of hydrogen-bond acceptors (Lipinski definition) is 6. The maximum Gasteiger partial charge on any atom is 0.0193 e. The summed E-state index contributed by atoms with van der Waals surface area (Å²) >= 11 is 0. The van der Waals surface area contributed by atoms with Crippen LogP contribution in [-0.2, 0) is 0 Å². The Kier molecular flexibility index (Phi) is 17.0. The minimum Gasteiger partial charge on any atom is -0.330 e. The molecule has 0 fully saturated rings. The molecule has 0 aliphatic heterocycles. The van der Waals surface area contributed by atoms with Gasteiger partial charge in [0.15, 0.2) is 0 Å². The van der Waals surface area contributed by atoms with Gasteiger partial charge in [0.2, 0.25) is 0 Å². The van der Waals surface area contributed by atoms with E-state index in [4.69, 9.17) is 17.2 Å². The van der Waals surface area contributed by atoms with E-state index in [2.05, 4.69) is 36.7 Å². The molecule has 0 spiro atoms. The minimum atomic E-state index is 0.214. The van der Waals surface area contributed by atoms with E-state index >= 15 is 0 Å². The summed E-state index contributed by atoms with van der Waals surface area (Å²) in [5, 5.41) is 10.8. The molecule has 0 bridgehead atoms. The molecule has 1 unspecified atom stereocenters. The van der Waals surface area contributed by atoms with Crippen molar-refractivity contribution in [3.63, 3.8) is 0 Å². The SMILES string of the molecule is CC(C)CCNC[C@H](CCCN)NCC(C)CNC[C@@H](N)CCCN. The van der Waals surface area contributed by atoms with Gasteiger partial charge in [0, 0.05) is 25.2 Å². The second-order valence-electron chi connectivity index (χ2n) is 7.88. The maximum absolute atomic E-state index is 6.06. The zero-order valence-corrected chi connectivity index (χ0v) is 17.0. The van der Waals surface area contributed by atoms with Crippen molar-refractivity contribution in [1.29, 1.82) is 0 Å². The molecule has 25 heavy (non-hydrogen) atoms. The van der Waals surface area contributed by atoms with Gasteiger partial charge in [-0.05, 0) is 76.7 Å². The first-order valence-corrected chi connectivity index (χ1v) is 10.3. The summed E-state index contributed by atoms with van der Waals surface area (Å²) in [5.74, 6) is 1.34. The molecule has 0 saturated heterocycles. The van der Waals surface area contributed by atoms with E-state index in [0.29, 0.717) is 12.0 Å². The van der Waals surface area contributed by atoms with Crippen LogP contribution in [0.25, 0.3) is 0 Å². The molecule has 6 heteroatoms. The summed E-state index contributed by atoms with van der Waals surface area (Å²) in [6, 6.07) is 0.719. The van der Waals surface area contributed by atoms with Crippen LogP contribution in [0.4, 0.5) is 0 Å². The average Bonchev–Trinajstić information content (AvgIpc) is 2.58. The quantitative estimate of drug-likeness (QED) is 0.200. The fraction of sp³-hybridized carbons (Fsp3) is 1.00. The van der Waals surface area contributed by atoms with E-state index in [-0.39, 0.29) is 6.04 Å². The van der Waals surface area contributed by atoms with Crippen LogP contribution in [0.15, 0.2) is 0 Å². The average molecular weight is 359 g/mol. The lowest BCUT2D eigenvalue weighted by molar-refractivity contribution is 0.385. The van der Waals surface area contributed by atoms with E-state index in [1.165, 1.54) is 6.42 Å². The third-order valence-electron chi connectivity index (χ3n) is 4.48. The van der Waals surface area contributed by atoms with Gasteiger partial charge in [0.05, 0.1) is 0 Å². The van der Waals surface area contributed by atoms with Crippen molar-refractivity contribution < 1.29 is 0 Å². The molecule has 0 aromatic heterocycles. The Labute approximate surface area is 156 Å². The predicted molar refractivity (Wildman–Crippen MR) is 111 cm³/mol. The zero-order chi connectivity index (χ0) is 18.9. The van der Waals surface area contributed by atoms with Crippen molar-refractivity contribution in [3.8, 4) is 0 Å². The van der Waals surface area contributed by atoms with E-state index in [1.54, 1.807) is 0 Å². The van der Waals surface area contributed by atoms with Crippen molar-refractivity contribution in [2.24, 2.45) is 29.0 Å². The largest absolute Gasteiger partial charge is 0.330 e. The molecule has 0 amide bonds. The Bertz CT molecular complexity index is 275. The topological polar surface area (TPSA) is 114 Å². The van der Waals surface area contributed by atoms with Gasteiger partial charge in [-0.1, -0.05) is 20.8 Å². The Hall–Kier alpha value is -0.240. The monoisotopic (exact) mass is 358 g/mol. The van der Waals surface area contributed by atoms with Gasteiger partial charge in [0.25, 0.3) is 0 Å². The molecular formula is C19H46N6.